The number of likely N-dealkylation sites (tertiary alicyclic amines) is 1. The van der Waals surface area contributed by atoms with Crippen LogP contribution in [0.5, 0.6) is 0 Å². The van der Waals surface area contributed by atoms with Gasteiger partial charge < -0.3 is 10.0 Å². The van der Waals surface area contributed by atoms with Crippen molar-refractivity contribution in [1.82, 2.24) is 9.88 Å². The van der Waals surface area contributed by atoms with Crippen LogP contribution in [0.1, 0.15) is 23.2 Å². The predicted molar refractivity (Wildman–Crippen MR) is 60.4 cm³/mol. The number of carbonyl (C=O) groups is 1. The highest BCUT2D eigenvalue weighted by atomic mass is 35.5. The number of rotatable bonds is 2. The van der Waals surface area contributed by atoms with E-state index in [1.54, 1.807) is 17.0 Å². The Bertz CT molecular complexity index is 380. The van der Waals surface area contributed by atoms with Crippen molar-refractivity contribution in [2.45, 2.75) is 18.9 Å². The number of amides is 1. The van der Waals surface area contributed by atoms with Crippen molar-refractivity contribution in [1.29, 1.82) is 0 Å². The van der Waals surface area contributed by atoms with Crippen molar-refractivity contribution in [2.24, 2.45) is 0 Å². The van der Waals surface area contributed by atoms with Gasteiger partial charge in [-0.1, -0.05) is 11.6 Å². The molecular formula is C11H13ClN2O2. The topological polar surface area (TPSA) is 53.4 Å². The first-order valence-corrected chi connectivity index (χ1v) is 5.63. The summed E-state index contributed by atoms with van der Waals surface area (Å²) in [7, 11) is 0. The Morgan fingerprint density at radius 3 is 3.06 bits per heavy atom. The van der Waals surface area contributed by atoms with Crippen molar-refractivity contribution in [3.63, 3.8) is 0 Å². The molecule has 0 bridgehead atoms. The van der Waals surface area contributed by atoms with Crippen LogP contribution in [0.25, 0.3) is 0 Å². The summed E-state index contributed by atoms with van der Waals surface area (Å²) in [6, 6.07) is 3.20. The second-order valence-electron chi connectivity index (χ2n) is 3.85. The summed E-state index contributed by atoms with van der Waals surface area (Å²) in [5, 5.41) is 9.52. The second kappa shape index (κ2) is 4.80. The van der Waals surface area contributed by atoms with Gasteiger partial charge in [0.2, 0.25) is 0 Å². The van der Waals surface area contributed by atoms with Crippen LogP contribution < -0.4 is 0 Å². The molecule has 1 aromatic heterocycles. The smallest absolute Gasteiger partial charge is 0.255 e. The number of halogens is 1. The third-order valence-corrected chi connectivity index (χ3v) is 3.05. The number of nitrogens with zero attached hydrogens (tertiary/aromatic N) is 2. The van der Waals surface area contributed by atoms with Gasteiger partial charge in [-0.15, -0.1) is 0 Å². The fourth-order valence-corrected chi connectivity index (χ4v) is 2.07. The minimum Gasteiger partial charge on any atom is -0.394 e. The molecule has 1 aromatic rings. The summed E-state index contributed by atoms with van der Waals surface area (Å²) >= 11 is 5.66. The average Bonchev–Trinajstić information content (AvgIpc) is 2.77. The van der Waals surface area contributed by atoms with Crippen LogP contribution in [-0.4, -0.2) is 40.1 Å². The van der Waals surface area contributed by atoms with E-state index >= 15 is 0 Å². The summed E-state index contributed by atoms with van der Waals surface area (Å²) in [5.41, 5.74) is 0.518. The zero-order chi connectivity index (χ0) is 11.5. The van der Waals surface area contributed by atoms with Gasteiger partial charge in [0.25, 0.3) is 5.91 Å². The lowest BCUT2D eigenvalue weighted by Gasteiger charge is -2.22. The second-order valence-corrected chi connectivity index (χ2v) is 4.23. The number of carbonyl (C=O) groups excluding carboxylic acids is 1. The zero-order valence-electron chi connectivity index (χ0n) is 8.77. The molecule has 0 spiro atoms. The van der Waals surface area contributed by atoms with Gasteiger partial charge in [0.15, 0.2) is 0 Å². The molecule has 1 N–H and O–H groups in total. The Kier molecular flexibility index (Phi) is 3.41. The number of aliphatic hydroxyl groups excluding tert-OH is 1. The molecule has 1 fully saturated rings. The van der Waals surface area contributed by atoms with E-state index in [2.05, 4.69) is 4.98 Å². The first-order chi connectivity index (χ1) is 7.72. The monoisotopic (exact) mass is 240 g/mol. The van der Waals surface area contributed by atoms with Crippen LogP contribution in [0, 0.1) is 0 Å². The fraction of sp³-hybridized carbons (Fsp3) is 0.455. The van der Waals surface area contributed by atoms with E-state index in [-0.39, 0.29) is 18.6 Å². The quantitative estimate of drug-likeness (QED) is 0.794. The molecule has 4 nitrogen and oxygen atoms in total. The maximum atomic E-state index is 12.1. The molecule has 0 saturated carbocycles. The van der Waals surface area contributed by atoms with Crippen molar-refractivity contribution in [3.05, 3.63) is 29.0 Å². The molecule has 1 aliphatic rings. The molecule has 0 unspecified atom stereocenters. The van der Waals surface area contributed by atoms with Gasteiger partial charge in [-0.05, 0) is 25.0 Å². The normalized spacial score (nSPS) is 20.1. The van der Waals surface area contributed by atoms with Crippen molar-refractivity contribution in [3.8, 4) is 0 Å². The van der Waals surface area contributed by atoms with Gasteiger partial charge in [-0.2, -0.15) is 0 Å². The molecule has 2 heterocycles. The Labute approximate surface area is 98.9 Å². The van der Waals surface area contributed by atoms with Crippen LogP contribution >= 0.6 is 11.6 Å². The minimum atomic E-state index is -0.0827. The van der Waals surface area contributed by atoms with Crippen LogP contribution in [0.15, 0.2) is 18.3 Å². The minimum absolute atomic E-state index is 0.0206. The van der Waals surface area contributed by atoms with Gasteiger partial charge in [0.05, 0.1) is 18.2 Å². The maximum absolute atomic E-state index is 12.1. The SMILES string of the molecule is O=C(c1ccc(Cl)nc1)N1CCC[C@H]1CO. The number of pyridine rings is 1. The molecule has 0 radical (unpaired) electrons. The Balaban J connectivity index is 2.15. The van der Waals surface area contributed by atoms with Crippen LogP contribution in [0.2, 0.25) is 5.15 Å². The molecule has 1 amide bonds. The van der Waals surface area contributed by atoms with Crippen molar-refractivity contribution in [2.75, 3.05) is 13.2 Å². The highest BCUT2D eigenvalue weighted by Gasteiger charge is 2.28. The first kappa shape index (κ1) is 11.4. The van der Waals surface area contributed by atoms with Crippen LogP contribution in [-0.2, 0) is 0 Å². The molecule has 0 aliphatic carbocycles. The molecule has 0 aromatic carbocycles. The summed E-state index contributed by atoms with van der Waals surface area (Å²) in [5.74, 6) is -0.0827. The highest BCUT2D eigenvalue weighted by Crippen LogP contribution is 2.19. The molecule has 86 valence electrons. The van der Waals surface area contributed by atoms with E-state index < -0.39 is 0 Å². The predicted octanol–water partition coefficient (Wildman–Crippen LogP) is 1.33. The van der Waals surface area contributed by atoms with Crippen LogP contribution in [0.4, 0.5) is 0 Å². The van der Waals surface area contributed by atoms with Crippen molar-refractivity contribution < 1.29 is 9.90 Å². The standard InChI is InChI=1S/C11H13ClN2O2/c12-10-4-3-8(6-13-10)11(16)14-5-1-2-9(14)7-15/h3-4,6,9,15H,1-2,5,7H2/t9-/m0/s1. The number of aromatic nitrogens is 1. The van der Waals surface area contributed by atoms with E-state index in [0.717, 1.165) is 12.8 Å². The lowest BCUT2D eigenvalue weighted by molar-refractivity contribution is 0.0677. The first-order valence-electron chi connectivity index (χ1n) is 5.26. The van der Waals surface area contributed by atoms with Gasteiger partial charge in [-0.3, -0.25) is 4.79 Å². The van der Waals surface area contributed by atoms with E-state index in [1.165, 1.54) is 6.20 Å². The van der Waals surface area contributed by atoms with Crippen molar-refractivity contribution >= 4 is 17.5 Å². The zero-order valence-corrected chi connectivity index (χ0v) is 9.52. The summed E-state index contributed by atoms with van der Waals surface area (Å²) in [6.45, 7) is 0.722. The number of hydrogen-bond acceptors (Lipinski definition) is 3. The lowest BCUT2D eigenvalue weighted by Crippen LogP contribution is -2.37. The third kappa shape index (κ3) is 2.18. The molecule has 5 heteroatoms. The molecule has 1 saturated heterocycles. The van der Waals surface area contributed by atoms with E-state index in [4.69, 9.17) is 16.7 Å². The highest BCUT2D eigenvalue weighted by molar-refractivity contribution is 6.29. The van der Waals surface area contributed by atoms with E-state index in [1.807, 2.05) is 0 Å². The fourth-order valence-electron chi connectivity index (χ4n) is 1.96. The Hall–Kier alpha value is -1.13. The summed E-state index contributed by atoms with van der Waals surface area (Å²) in [6.07, 6.45) is 3.28. The Morgan fingerprint density at radius 1 is 1.62 bits per heavy atom. The van der Waals surface area contributed by atoms with Gasteiger partial charge in [0.1, 0.15) is 5.15 Å². The Morgan fingerprint density at radius 2 is 2.44 bits per heavy atom. The third-order valence-electron chi connectivity index (χ3n) is 2.82. The summed E-state index contributed by atoms with van der Waals surface area (Å²) in [4.78, 5) is 17.6. The number of aliphatic hydroxyl groups is 1. The molecule has 1 atom stereocenters. The molecule has 1 aliphatic heterocycles. The average molecular weight is 241 g/mol. The van der Waals surface area contributed by atoms with Crippen LogP contribution in [0.3, 0.4) is 0 Å². The molecule has 16 heavy (non-hydrogen) atoms. The lowest BCUT2D eigenvalue weighted by atomic mass is 10.2. The molecule has 2 rings (SSSR count). The largest absolute Gasteiger partial charge is 0.394 e. The van der Waals surface area contributed by atoms with Gasteiger partial charge in [-0.25, -0.2) is 4.98 Å². The summed E-state index contributed by atoms with van der Waals surface area (Å²) < 4.78 is 0. The van der Waals surface area contributed by atoms with E-state index in [9.17, 15) is 4.79 Å². The van der Waals surface area contributed by atoms with E-state index in [0.29, 0.717) is 17.3 Å². The number of hydrogen-bond donors (Lipinski definition) is 1. The van der Waals surface area contributed by atoms with Gasteiger partial charge in [0, 0.05) is 12.7 Å². The molecular weight excluding hydrogens is 228 g/mol. The maximum Gasteiger partial charge on any atom is 0.255 e. The van der Waals surface area contributed by atoms with Gasteiger partial charge >= 0.3 is 0 Å².